The van der Waals surface area contributed by atoms with Crippen molar-refractivity contribution in [1.82, 2.24) is 0 Å². The number of hydrogen-bond donors (Lipinski definition) is 2. The minimum atomic E-state index is -1.41. The van der Waals surface area contributed by atoms with Crippen LogP contribution in [0.15, 0.2) is 23.1 Å². The largest absolute Gasteiger partial charge is 0.364 e. The van der Waals surface area contributed by atoms with Crippen molar-refractivity contribution < 1.29 is 10.2 Å². The number of thiophene rings is 1. The first kappa shape index (κ1) is 12.2. The molecule has 0 aliphatic heterocycles. The third-order valence-corrected chi connectivity index (χ3v) is 4.73. The molecule has 5 heteroatoms. The highest BCUT2D eigenvalue weighted by Gasteiger charge is 2.17. The third-order valence-electron chi connectivity index (χ3n) is 2.16. The number of fused-ring (bicyclic) bond motifs is 1. The third kappa shape index (κ3) is 2.21. The van der Waals surface area contributed by atoms with Crippen LogP contribution in [0.25, 0.3) is 10.1 Å². The van der Waals surface area contributed by atoms with Crippen LogP contribution in [-0.4, -0.2) is 16.0 Å². The first-order valence-corrected chi connectivity index (χ1v) is 7.02. The van der Waals surface area contributed by atoms with E-state index in [1.807, 2.05) is 25.1 Å². The maximum absolute atomic E-state index is 9.32. The Bertz CT molecular complexity index is 508. The van der Waals surface area contributed by atoms with Crippen LogP contribution in [0.3, 0.4) is 0 Å². The molecule has 0 aliphatic carbocycles. The zero-order valence-electron chi connectivity index (χ0n) is 8.61. The highest BCUT2D eigenvalue weighted by atomic mass is 35.5. The second-order valence-electron chi connectivity index (χ2n) is 3.24. The molecule has 2 nitrogen and oxygen atoms in total. The summed E-state index contributed by atoms with van der Waals surface area (Å²) in [6.45, 7) is 2.04. The van der Waals surface area contributed by atoms with E-state index in [1.165, 1.54) is 11.3 Å². The Morgan fingerprint density at radius 3 is 2.81 bits per heavy atom. The molecule has 2 rings (SSSR count). The molecular formula is C11H11ClO2S2. The van der Waals surface area contributed by atoms with Crippen molar-refractivity contribution >= 4 is 44.8 Å². The Balaban J connectivity index is 2.65. The van der Waals surface area contributed by atoms with Gasteiger partial charge in [-0.1, -0.05) is 24.6 Å². The summed E-state index contributed by atoms with van der Waals surface area (Å²) in [5, 5.41) is 20.4. The van der Waals surface area contributed by atoms with E-state index in [2.05, 4.69) is 0 Å². The van der Waals surface area contributed by atoms with Crippen LogP contribution in [-0.2, 0) is 0 Å². The maximum Gasteiger partial charge on any atom is 0.189 e. The van der Waals surface area contributed by atoms with Crippen LogP contribution in [0.2, 0.25) is 5.02 Å². The number of halogens is 1. The van der Waals surface area contributed by atoms with Crippen molar-refractivity contribution in [3.05, 3.63) is 28.1 Å². The molecule has 0 amide bonds. The van der Waals surface area contributed by atoms with Gasteiger partial charge >= 0.3 is 0 Å². The number of hydrogen-bond acceptors (Lipinski definition) is 4. The van der Waals surface area contributed by atoms with E-state index in [0.717, 1.165) is 20.7 Å². The average molecular weight is 275 g/mol. The molecule has 0 spiro atoms. The lowest BCUT2D eigenvalue weighted by atomic mass is 10.2. The standard InChI is InChI=1S/C11H11ClO2S2/c1-2-15-9-7-4-3-6(12)5-8(7)16-10(9)11(13)14/h3-5,11,13-14H,2H2,1H3. The molecule has 0 unspecified atom stereocenters. The van der Waals surface area contributed by atoms with Crippen molar-refractivity contribution in [3.63, 3.8) is 0 Å². The van der Waals surface area contributed by atoms with Gasteiger partial charge in [-0.2, -0.15) is 0 Å². The minimum absolute atomic E-state index is 0.601. The van der Waals surface area contributed by atoms with Crippen molar-refractivity contribution in [2.75, 3.05) is 5.75 Å². The topological polar surface area (TPSA) is 40.5 Å². The smallest absolute Gasteiger partial charge is 0.189 e. The van der Waals surface area contributed by atoms with Gasteiger partial charge in [0.1, 0.15) is 0 Å². The van der Waals surface area contributed by atoms with Gasteiger partial charge in [0.2, 0.25) is 0 Å². The number of aliphatic hydroxyl groups is 2. The molecule has 2 aromatic rings. The quantitative estimate of drug-likeness (QED) is 0.663. The molecule has 0 bridgehead atoms. The van der Waals surface area contributed by atoms with Crippen LogP contribution >= 0.6 is 34.7 Å². The number of benzene rings is 1. The summed E-state index contributed by atoms with van der Waals surface area (Å²) < 4.78 is 0.992. The monoisotopic (exact) mass is 274 g/mol. The highest BCUT2D eigenvalue weighted by Crippen LogP contribution is 2.41. The van der Waals surface area contributed by atoms with Gasteiger partial charge in [0.05, 0.1) is 4.88 Å². The average Bonchev–Trinajstić information content (AvgIpc) is 2.57. The molecule has 0 fully saturated rings. The molecule has 2 N–H and O–H groups in total. The fourth-order valence-electron chi connectivity index (χ4n) is 1.53. The molecule has 0 saturated heterocycles. The van der Waals surface area contributed by atoms with E-state index < -0.39 is 6.29 Å². The Hall–Kier alpha value is -0.260. The summed E-state index contributed by atoms with van der Waals surface area (Å²) in [4.78, 5) is 1.55. The fourth-order valence-corrected chi connectivity index (χ4v) is 4.01. The van der Waals surface area contributed by atoms with Gasteiger partial charge in [-0.15, -0.1) is 23.1 Å². The molecule has 1 aromatic heterocycles. The van der Waals surface area contributed by atoms with Gasteiger partial charge in [-0.25, -0.2) is 0 Å². The molecule has 86 valence electrons. The van der Waals surface area contributed by atoms with Gasteiger partial charge in [0.25, 0.3) is 0 Å². The van der Waals surface area contributed by atoms with Crippen molar-refractivity contribution in [3.8, 4) is 0 Å². The minimum Gasteiger partial charge on any atom is -0.364 e. The number of rotatable bonds is 3. The molecular weight excluding hydrogens is 264 g/mol. The van der Waals surface area contributed by atoms with Crippen LogP contribution in [0.4, 0.5) is 0 Å². The summed E-state index contributed by atoms with van der Waals surface area (Å²) in [5.74, 6) is 0.897. The number of aliphatic hydroxyl groups excluding tert-OH is 1. The van der Waals surface area contributed by atoms with Crippen LogP contribution in [0.1, 0.15) is 18.1 Å². The zero-order valence-corrected chi connectivity index (χ0v) is 11.0. The fraction of sp³-hybridized carbons (Fsp3) is 0.273. The van der Waals surface area contributed by atoms with E-state index >= 15 is 0 Å². The van der Waals surface area contributed by atoms with E-state index in [1.54, 1.807) is 11.8 Å². The lowest BCUT2D eigenvalue weighted by Crippen LogP contribution is -1.92. The predicted molar refractivity (Wildman–Crippen MR) is 70.4 cm³/mol. The Morgan fingerprint density at radius 2 is 2.19 bits per heavy atom. The normalized spacial score (nSPS) is 11.6. The lowest BCUT2D eigenvalue weighted by molar-refractivity contribution is -0.0412. The second kappa shape index (κ2) is 4.94. The lowest BCUT2D eigenvalue weighted by Gasteiger charge is -2.03. The van der Waals surface area contributed by atoms with Crippen molar-refractivity contribution in [1.29, 1.82) is 0 Å². The van der Waals surface area contributed by atoms with Crippen molar-refractivity contribution in [2.45, 2.75) is 18.1 Å². The molecule has 0 atom stereocenters. The summed E-state index contributed by atoms with van der Waals surface area (Å²) in [6.07, 6.45) is -1.41. The van der Waals surface area contributed by atoms with Crippen LogP contribution in [0, 0.1) is 0 Å². The van der Waals surface area contributed by atoms with Gasteiger partial charge < -0.3 is 10.2 Å². The summed E-state index contributed by atoms with van der Waals surface area (Å²) in [7, 11) is 0. The summed E-state index contributed by atoms with van der Waals surface area (Å²) in [5.41, 5.74) is 0. The molecule has 0 radical (unpaired) electrons. The molecule has 0 saturated carbocycles. The summed E-state index contributed by atoms with van der Waals surface area (Å²) in [6, 6.07) is 5.61. The van der Waals surface area contributed by atoms with E-state index in [9.17, 15) is 10.2 Å². The van der Waals surface area contributed by atoms with E-state index in [4.69, 9.17) is 11.6 Å². The van der Waals surface area contributed by atoms with Crippen molar-refractivity contribution in [2.24, 2.45) is 0 Å². The van der Waals surface area contributed by atoms with E-state index in [0.29, 0.717) is 9.90 Å². The highest BCUT2D eigenvalue weighted by molar-refractivity contribution is 7.99. The van der Waals surface area contributed by atoms with Gasteiger partial charge in [0.15, 0.2) is 6.29 Å². The second-order valence-corrected chi connectivity index (χ2v) is 6.04. The van der Waals surface area contributed by atoms with Gasteiger partial charge in [-0.05, 0) is 17.9 Å². The molecule has 16 heavy (non-hydrogen) atoms. The Morgan fingerprint density at radius 1 is 1.44 bits per heavy atom. The SMILES string of the molecule is CCSc1c(C(O)O)sc2cc(Cl)ccc12. The zero-order chi connectivity index (χ0) is 11.7. The first-order valence-electron chi connectivity index (χ1n) is 4.84. The first-order chi connectivity index (χ1) is 7.63. The van der Waals surface area contributed by atoms with Crippen LogP contribution in [0.5, 0.6) is 0 Å². The van der Waals surface area contributed by atoms with Gasteiger partial charge in [0, 0.05) is 20.0 Å². The van der Waals surface area contributed by atoms with E-state index in [-0.39, 0.29) is 0 Å². The predicted octanol–water partition coefficient (Wildman–Crippen LogP) is 3.65. The molecule has 1 aromatic carbocycles. The van der Waals surface area contributed by atoms with Crippen LogP contribution < -0.4 is 0 Å². The summed E-state index contributed by atoms with van der Waals surface area (Å²) >= 11 is 8.91. The Labute approximate surface area is 107 Å². The molecule has 0 aliphatic rings. The molecule has 1 heterocycles. The maximum atomic E-state index is 9.32. The van der Waals surface area contributed by atoms with Gasteiger partial charge in [-0.3, -0.25) is 0 Å². The number of thioether (sulfide) groups is 1. The Kier molecular flexibility index (Phi) is 3.77.